The Labute approximate surface area is 176 Å². The van der Waals surface area contributed by atoms with Gasteiger partial charge in [-0.15, -0.1) is 0 Å². The van der Waals surface area contributed by atoms with E-state index in [1.54, 1.807) is 6.92 Å². The van der Waals surface area contributed by atoms with Crippen LogP contribution in [0.25, 0.3) is 0 Å². The molecule has 0 radical (unpaired) electrons. The van der Waals surface area contributed by atoms with Crippen molar-refractivity contribution in [2.45, 2.75) is 18.7 Å². The third kappa shape index (κ3) is 4.26. The lowest BCUT2D eigenvalue weighted by atomic mass is 10.2. The van der Waals surface area contributed by atoms with Crippen LogP contribution in [0.15, 0.2) is 29.2 Å². The summed E-state index contributed by atoms with van der Waals surface area (Å²) in [5.74, 6) is 0.920. The van der Waals surface area contributed by atoms with Crippen molar-refractivity contribution in [2.75, 3.05) is 62.3 Å². The second kappa shape index (κ2) is 8.44. The number of aryl methyl sites for hydroxylation is 2. The van der Waals surface area contributed by atoms with Crippen molar-refractivity contribution in [3.05, 3.63) is 41.3 Å². The van der Waals surface area contributed by atoms with Gasteiger partial charge in [0.2, 0.25) is 16.0 Å². The van der Waals surface area contributed by atoms with Crippen LogP contribution in [0.3, 0.4) is 0 Å². The lowest BCUT2D eigenvalue weighted by molar-refractivity contribution is 0.122. The second-order valence-electron chi connectivity index (χ2n) is 7.57. The number of halogens is 1. The monoisotopic (exact) mass is 435 g/mol. The fourth-order valence-corrected chi connectivity index (χ4v) is 5.41. The van der Waals surface area contributed by atoms with Gasteiger partial charge in [-0.05, 0) is 31.5 Å². The molecule has 0 saturated carbocycles. The van der Waals surface area contributed by atoms with E-state index in [0.717, 1.165) is 30.7 Å². The molecule has 2 aliphatic heterocycles. The predicted octanol–water partition coefficient (Wildman–Crippen LogP) is 1.58. The van der Waals surface area contributed by atoms with E-state index < -0.39 is 15.8 Å². The van der Waals surface area contributed by atoms with Gasteiger partial charge in [-0.1, -0.05) is 6.07 Å². The summed E-state index contributed by atoms with van der Waals surface area (Å²) < 4.78 is 46.5. The largest absolute Gasteiger partial charge is 0.378 e. The fourth-order valence-electron chi connectivity index (χ4n) is 3.75. The van der Waals surface area contributed by atoms with Gasteiger partial charge in [0.05, 0.1) is 18.1 Å². The highest BCUT2D eigenvalue weighted by Gasteiger charge is 2.31. The molecule has 2 saturated heterocycles. The van der Waals surface area contributed by atoms with E-state index in [-0.39, 0.29) is 4.90 Å². The van der Waals surface area contributed by atoms with Crippen LogP contribution in [-0.2, 0) is 14.8 Å². The Morgan fingerprint density at radius 3 is 2.33 bits per heavy atom. The molecule has 30 heavy (non-hydrogen) atoms. The highest BCUT2D eigenvalue weighted by atomic mass is 32.2. The lowest BCUT2D eigenvalue weighted by Crippen LogP contribution is -2.49. The van der Waals surface area contributed by atoms with Crippen LogP contribution < -0.4 is 9.80 Å². The topological polar surface area (TPSA) is 78.9 Å². The molecule has 1 aromatic carbocycles. The molecule has 2 fully saturated rings. The van der Waals surface area contributed by atoms with Gasteiger partial charge in [0.1, 0.15) is 11.6 Å². The smallest absolute Gasteiger partial charge is 0.243 e. The van der Waals surface area contributed by atoms with Crippen LogP contribution in [0.2, 0.25) is 0 Å². The minimum absolute atomic E-state index is 0.0253. The van der Waals surface area contributed by atoms with Crippen LogP contribution >= 0.6 is 0 Å². The summed E-state index contributed by atoms with van der Waals surface area (Å²) >= 11 is 0. The van der Waals surface area contributed by atoms with Gasteiger partial charge in [-0.25, -0.2) is 17.8 Å². The van der Waals surface area contributed by atoms with Crippen molar-refractivity contribution < 1.29 is 17.5 Å². The summed E-state index contributed by atoms with van der Waals surface area (Å²) in [5, 5.41) is 0. The van der Waals surface area contributed by atoms with Crippen LogP contribution in [0.1, 0.15) is 11.3 Å². The Kier molecular flexibility index (Phi) is 5.90. The van der Waals surface area contributed by atoms with Crippen molar-refractivity contribution in [1.82, 2.24) is 14.3 Å². The van der Waals surface area contributed by atoms with Gasteiger partial charge in [0.15, 0.2) is 0 Å². The normalized spacial score (nSPS) is 18.6. The Bertz CT molecular complexity index is 1020. The third-order valence-corrected chi connectivity index (χ3v) is 7.49. The van der Waals surface area contributed by atoms with Crippen LogP contribution in [0.4, 0.5) is 16.2 Å². The molecule has 3 heterocycles. The van der Waals surface area contributed by atoms with Gasteiger partial charge < -0.3 is 14.5 Å². The summed E-state index contributed by atoms with van der Waals surface area (Å²) in [6.45, 7) is 8.07. The van der Waals surface area contributed by atoms with E-state index in [4.69, 9.17) is 9.72 Å². The van der Waals surface area contributed by atoms with Crippen molar-refractivity contribution in [1.29, 1.82) is 0 Å². The van der Waals surface area contributed by atoms with Gasteiger partial charge >= 0.3 is 0 Å². The highest BCUT2D eigenvalue weighted by Crippen LogP contribution is 2.24. The molecular weight excluding hydrogens is 409 g/mol. The zero-order valence-corrected chi connectivity index (χ0v) is 18.0. The number of piperazine rings is 1. The highest BCUT2D eigenvalue weighted by molar-refractivity contribution is 7.89. The standard InChI is InChI=1S/C20H26FN5O3S/c1-15-3-4-17(21)14-18(15)30(27,28)26-7-5-25(6-8-26)20-22-16(2)13-19(23-20)24-9-11-29-12-10-24/h3-4,13-14H,5-12H2,1-2H3. The van der Waals surface area contributed by atoms with Crippen LogP contribution in [0.5, 0.6) is 0 Å². The summed E-state index contributed by atoms with van der Waals surface area (Å²) in [4.78, 5) is 13.5. The number of rotatable bonds is 4. The molecule has 2 aliphatic rings. The Morgan fingerprint density at radius 1 is 0.933 bits per heavy atom. The number of ether oxygens (including phenoxy) is 1. The first-order valence-electron chi connectivity index (χ1n) is 10.0. The third-order valence-electron chi connectivity index (χ3n) is 5.45. The lowest BCUT2D eigenvalue weighted by Gasteiger charge is -2.35. The van der Waals surface area contributed by atoms with Gasteiger partial charge in [-0.2, -0.15) is 9.29 Å². The average molecular weight is 436 g/mol. The number of hydrogen-bond donors (Lipinski definition) is 0. The van der Waals surface area contributed by atoms with E-state index in [0.29, 0.717) is 50.9 Å². The number of benzene rings is 1. The Balaban J connectivity index is 1.49. The minimum Gasteiger partial charge on any atom is -0.378 e. The molecule has 10 heteroatoms. The van der Waals surface area contributed by atoms with Crippen molar-refractivity contribution in [2.24, 2.45) is 0 Å². The van der Waals surface area contributed by atoms with E-state index in [2.05, 4.69) is 9.88 Å². The zero-order valence-electron chi connectivity index (χ0n) is 17.2. The molecule has 162 valence electrons. The number of sulfonamides is 1. The second-order valence-corrected chi connectivity index (χ2v) is 9.47. The number of aromatic nitrogens is 2. The number of nitrogens with zero attached hydrogens (tertiary/aromatic N) is 5. The van der Waals surface area contributed by atoms with Crippen LogP contribution in [-0.4, -0.2) is 75.2 Å². The Morgan fingerprint density at radius 2 is 1.63 bits per heavy atom. The molecule has 0 atom stereocenters. The molecule has 0 unspecified atom stereocenters. The molecule has 4 rings (SSSR count). The van der Waals surface area contributed by atoms with Crippen molar-refractivity contribution >= 4 is 21.8 Å². The van der Waals surface area contributed by atoms with Crippen LogP contribution in [0, 0.1) is 19.7 Å². The molecule has 0 aliphatic carbocycles. The molecule has 0 bridgehead atoms. The van der Waals surface area contributed by atoms with Crippen molar-refractivity contribution in [3.8, 4) is 0 Å². The summed E-state index contributed by atoms with van der Waals surface area (Å²) in [7, 11) is -3.75. The summed E-state index contributed by atoms with van der Waals surface area (Å²) in [6, 6.07) is 5.82. The molecular formula is C20H26FN5O3S. The van der Waals surface area contributed by atoms with Crippen molar-refractivity contribution in [3.63, 3.8) is 0 Å². The first-order valence-corrected chi connectivity index (χ1v) is 11.5. The maximum absolute atomic E-state index is 13.6. The SMILES string of the molecule is Cc1cc(N2CCOCC2)nc(N2CCN(S(=O)(=O)c3cc(F)ccc3C)CC2)n1. The fraction of sp³-hybridized carbons (Fsp3) is 0.500. The average Bonchev–Trinajstić information content (AvgIpc) is 2.75. The first-order chi connectivity index (χ1) is 14.3. The molecule has 8 nitrogen and oxygen atoms in total. The molecule has 0 amide bonds. The van der Waals surface area contributed by atoms with Gasteiger partial charge in [0, 0.05) is 51.0 Å². The van der Waals surface area contributed by atoms with E-state index >= 15 is 0 Å². The van der Waals surface area contributed by atoms with Gasteiger partial charge in [0.25, 0.3) is 0 Å². The molecule has 2 aromatic rings. The predicted molar refractivity (Wildman–Crippen MR) is 112 cm³/mol. The number of hydrogen-bond acceptors (Lipinski definition) is 7. The molecule has 0 spiro atoms. The molecule has 0 N–H and O–H groups in total. The quantitative estimate of drug-likeness (QED) is 0.722. The van der Waals surface area contributed by atoms with E-state index in [9.17, 15) is 12.8 Å². The number of anilines is 2. The summed E-state index contributed by atoms with van der Waals surface area (Å²) in [6.07, 6.45) is 0. The molecule has 1 aromatic heterocycles. The Hall–Kier alpha value is -2.30. The minimum atomic E-state index is -3.75. The van der Waals surface area contributed by atoms with E-state index in [1.165, 1.54) is 16.4 Å². The summed E-state index contributed by atoms with van der Waals surface area (Å²) in [5.41, 5.74) is 1.41. The van der Waals surface area contributed by atoms with Gasteiger partial charge in [-0.3, -0.25) is 0 Å². The maximum Gasteiger partial charge on any atom is 0.243 e. The number of morpholine rings is 1. The maximum atomic E-state index is 13.6. The zero-order chi connectivity index (χ0) is 21.3. The van der Waals surface area contributed by atoms with E-state index in [1.807, 2.05) is 17.9 Å². The first kappa shape index (κ1) is 21.0.